The summed E-state index contributed by atoms with van der Waals surface area (Å²) in [5, 5.41) is 0. The number of alkyl halides is 3. The molecule has 1 atom stereocenters. The van der Waals surface area contributed by atoms with E-state index < -0.39 is 28.0 Å². The molecule has 1 aromatic carbocycles. The first kappa shape index (κ1) is 17.8. The summed E-state index contributed by atoms with van der Waals surface area (Å²) in [6.07, 6.45) is -4.61. The maximum absolute atomic E-state index is 12.9. The van der Waals surface area contributed by atoms with E-state index in [4.69, 9.17) is 0 Å². The van der Waals surface area contributed by atoms with E-state index in [1.54, 1.807) is 6.07 Å². The average Bonchev–Trinajstić information content (AvgIpc) is 2.97. The van der Waals surface area contributed by atoms with Crippen LogP contribution in [0.25, 0.3) is 0 Å². The lowest BCUT2D eigenvalue weighted by atomic mass is 10.1. The maximum Gasteiger partial charge on any atom is 0.408 e. The molecule has 1 fully saturated rings. The molecule has 1 aliphatic rings. The zero-order chi connectivity index (χ0) is 17.3. The Kier molecular flexibility index (Phi) is 5.03. The molecular weight excluding hydrogens is 331 g/mol. The normalized spacial score (nSPS) is 19.1. The van der Waals surface area contributed by atoms with Gasteiger partial charge in [-0.3, -0.25) is 4.79 Å². The molecule has 4 nitrogen and oxygen atoms in total. The largest absolute Gasteiger partial charge is 0.408 e. The van der Waals surface area contributed by atoms with Crippen LogP contribution in [0.2, 0.25) is 0 Å². The Labute approximate surface area is 133 Å². The molecule has 128 valence electrons. The first-order chi connectivity index (χ1) is 10.7. The van der Waals surface area contributed by atoms with Crippen molar-refractivity contribution in [1.29, 1.82) is 0 Å². The number of likely N-dealkylation sites (tertiary alicyclic amines) is 1. The topological polar surface area (TPSA) is 54.5 Å². The highest BCUT2D eigenvalue weighted by Gasteiger charge is 2.47. The first-order valence-corrected chi connectivity index (χ1v) is 8.99. The van der Waals surface area contributed by atoms with E-state index in [-0.39, 0.29) is 35.6 Å². The lowest BCUT2D eigenvalue weighted by Gasteiger charge is -2.27. The Morgan fingerprint density at radius 2 is 1.96 bits per heavy atom. The van der Waals surface area contributed by atoms with E-state index in [0.29, 0.717) is 6.42 Å². The molecule has 0 saturated carbocycles. The highest BCUT2D eigenvalue weighted by molar-refractivity contribution is 7.91. The highest BCUT2D eigenvalue weighted by Crippen LogP contribution is 2.33. The van der Waals surface area contributed by atoms with Crippen LogP contribution < -0.4 is 0 Å². The molecule has 1 heterocycles. The van der Waals surface area contributed by atoms with Gasteiger partial charge in [0.25, 0.3) is 0 Å². The van der Waals surface area contributed by atoms with Crippen LogP contribution in [0.15, 0.2) is 29.2 Å². The number of amides is 1. The lowest BCUT2D eigenvalue weighted by Crippen LogP contribution is -2.45. The Balaban J connectivity index is 2.25. The summed E-state index contributed by atoms with van der Waals surface area (Å²) < 4.78 is 62.9. The third-order valence-corrected chi connectivity index (χ3v) is 5.81. The third kappa shape index (κ3) is 3.85. The molecule has 0 aliphatic carbocycles. The van der Waals surface area contributed by atoms with Gasteiger partial charge in [-0.05, 0) is 24.5 Å². The molecule has 0 aromatic heterocycles. The minimum atomic E-state index is -4.46. The van der Waals surface area contributed by atoms with Gasteiger partial charge in [-0.1, -0.05) is 25.1 Å². The summed E-state index contributed by atoms with van der Waals surface area (Å²) in [5.41, 5.74) is 0.243. The van der Waals surface area contributed by atoms with Crippen molar-refractivity contribution >= 4 is 15.7 Å². The van der Waals surface area contributed by atoms with Gasteiger partial charge in [0.15, 0.2) is 9.84 Å². The molecule has 0 unspecified atom stereocenters. The van der Waals surface area contributed by atoms with E-state index in [2.05, 4.69) is 0 Å². The van der Waals surface area contributed by atoms with Crippen molar-refractivity contribution in [1.82, 2.24) is 4.90 Å². The van der Waals surface area contributed by atoms with Gasteiger partial charge in [0.1, 0.15) is 6.04 Å². The monoisotopic (exact) mass is 349 g/mol. The van der Waals surface area contributed by atoms with Crippen molar-refractivity contribution in [2.45, 2.75) is 43.3 Å². The molecule has 0 bridgehead atoms. The molecule has 1 aromatic rings. The number of carbonyl (C=O) groups is 1. The number of hydrogen-bond acceptors (Lipinski definition) is 3. The SMILES string of the molecule is CCS(=O)(=O)c1ccccc1CC(=O)N1CCC[C@H]1C(F)(F)F. The Morgan fingerprint density at radius 1 is 1.30 bits per heavy atom. The summed E-state index contributed by atoms with van der Waals surface area (Å²) in [6, 6.07) is 4.18. The predicted octanol–water partition coefficient (Wildman–Crippen LogP) is 2.58. The molecule has 1 aliphatic heterocycles. The number of sulfone groups is 1. The second-order valence-electron chi connectivity index (χ2n) is 5.47. The standard InChI is InChI=1S/C15H18F3NO3S/c1-2-23(21,22)12-7-4-3-6-11(12)10-14(20)19-9-5-8-13(19)15(16,17)18/h3-4,6-7,13H,2,5,8-10H2,1H3/t13-/m0/s1. The fourth-order valence-electron chi connectivity index (χ4n) is 2.78. The molecule has 2 rings (SSSR count). The summed E-state index contributed by atoms with van der Waals surface area (Å²) in [5.74, 6) is -0.823. The first-order valence-electron chi connectivity index (χ1n) is 7.33. The zero-order valence-electron chi connectivity index (χ0n) is 12.6. The number of carbonyl (C=O) groups excluding carboxylic acids is 1. The van der Waals surface area contributed by atoms with E-state index in [0.717, 1.165) is 4.90 Å². The molecule has 0 spiro atoms. The van der Waals surface area contributed by atoms with E-state index in [1.165, 1.54) is 25.1 Å². The average molecular weight is 349 g/mol. The molecular formula is C15H18F3NO3S. The van der Waals surface area contributed by atoms with Gasteiger partial charge in [0.2, 0.25) is 5.91 Å². The number of benzene rings is 1. The van der Waals surface area contributed by atoms with Crippen molar-refractivity contribution in [3.63, 3.8) is 0 Å². The Morgan fingerprint density at radius 3 is 2.57 bits per heavy atom. The number of rotatable bonds is 4. The molecule has 1 amide bonds. The predicted molar refractivity (Wildman–Crippen MR) is 78.7 cm³/mol. The fraction of sp³-hybridized carbons (Fsp3) is 0.533. The van der Waals surface area contributed by atoms with E-state index in [1.807, 2.05) is 0 Å². The van der Waals surface area contributed by atoms with Crippen molar-refractivity contribution in [3.05, 3.63) is 29.8 Å². The quantitative estimate of drug-likeness (QED) is 0.840. The summed E-state index contributed by atoms with van der Waals surface area (Å²) in [6.45, 7) is 1.53. The van der Waals surface area contributed by atoms with Crippen molar-refractivity contribution in [3.8, 4) is 0 Å². The van der Waals surface area contributed by atoms with Crippen molar-refractivity contribution in [2.75, 3.05) is 12.3 Å². The Bertz CT molecular complexity index is 685. The van der Waals surface area contributed by atoms with Gasteiger partial charge in [0, 0.05) is 6.54 Å². The summed E-state index contributed by atoms with van der Waals surface area (Å²) >= 11 is 0. The molecule has 8 heteroatoms. The second-order valence-corrected chi connectivity index (χ2v) is 7.72. The van der Waals surface area contributed by atoms with Crippen LogP contribution in [-0.4, -0.2) is 43.7 Å². The smallest absolute Gasteiger partial charge is 0.330 e. The minimum absolute atomic E-state index is 0.0126. The summed E-state index contributed by atoms with van der Waals surface area (Å²) in [4.78, 5) is 13.1. The zero-order valence-corrected chi connectivity index (χ0v) is 13.5. The van der Waals surface area contributed by atoms with Crippen LogP contribution in [0, 0.1) is 0 Å². The van der Waals surface area contributed by atoms with Gasteiger partial charge < -0.3 is 4.90 Å². The minimum Gasteiger partial charge on any atom is -0.330 e. The van der Waals surface area contributed by atoms with Crippen LogP contribution in [0.5, 0.6) is 0 Å². The van der Waals surface area contributed by atoms with Crippen LogP contribution >= 0.6 is 0 Å². The fourth-order valence-corrected chi connectivity index (χ4v) is 3.92. The van der Waals surface area contributed by atoms with Gasteiger partial charge in [-0.15, -0.1) is 0 Å². The maximum atomic E-state index is 12.9. The molecule has 0 N–H and O–H groups in total. The number of halogens is 3. The van der Waals surface area contributed by atoms with Gasteiger partial charge >= 0.3 is 6.18 Å². The lowest BCUT2D eigenvalue weighted by molar-refractivity contribution is -0.182. The highest BCUT2D eigenvalue weighted by atomic mass is 32.2. The molecule has 23 heavy (non-hydrogen) atoms. The van der Waals surface area contributed by atoms with Crippen LogP contribution in [0.4, 0.5) is 13.2 Å². The van der Waals surface area contributed by atoms with Crippen LogP contribution in [0.1, 0.15) is 25.3 Å². The van der Waals surface area contributed by atoms with Gasteiger partial charge in [-0.25, -0.2) is 8.42 Å². The summed E-state index contributed by atoms with van der Waals surface area (Å²) in [7, 11) is -3.53. The van der Waals surface area contributed by atoms with Gasteiger partial charge in [0.05, 0.1) is 17.1 Å². The van der Waals surface area contributed by atoms with Crippen LogP contribution in [0.3, 0.4) is 0 Å². The number of hydrogen-bond donors (Lipinski definition) is 0. The van der Waals surface area contributed by atoms with Crippen LogP contribution in [-0.2, 0) is 21.1 Å². The van der Waals surface area contributed by atoms with Crippen molar-refractivity contribution < 1.29 is 26.4 Å². The van der Waals surface area contributed by atoms with E-state index >= 15 is 0 Å². The Hall–Kier alpha value is -1.57. The second kappa shape index (κ2) is 6.51. The van der Waals surface area contributed by atoms with E-state index in [9.17, 15) is 26.4 Å². The van der Waals surface area contributed by atoms with Gasteiger partial charge in [-0.2, -0.15) is 13.2 Å². The van der Waals surface area contributed by atoms with Crippen molar-refractivity contribution in [2.24, 2.45) is 0 Å². The number of nitrogens with zero attached hydrogens (tertiary/aromatic N) is 1. The third-order valence-electron chi connectivity index (χ3n) is 3.98. The molecule has 0 radical (unpaired) electrons. The molecule has 1 saturated heterocycles.